The molecule has 0 spiro atoms. The van der Waals surface area contributed by atoms with Crippen LogP contribution in [-0.2, 0) is 4.79 Å². The van der Waals surface area contributed by atoms with Gasteiger partial charge in [-0.15, -0.1) is 0 Å². The van der Waals surface area contributed by atoms with Crippen LogP contribution in [-0.4, -0.2) is 20.3 Å². The number of carbonyl (C=O) groups is 1. The van der Waals surface area contributed by atoms with E-state index in [4.69, 9.17) is 0 Å². The molecule has 1 nitrogen and oxygen atoms in total. The summed E-state index contributed by atoms with van der Waals surface area (Å²) >= 11 is 10.4. The van der Waals surface area contributed by atoms with E-state index in [0.717, 1.165) is 12.8 Å². The molecule has 0 aliphatic heterocycles. The van der Waals surface area contributed by atoms with Crippen molar-refractivity contribution in [2.75, 3.05) is 5.33 Å². The summed E-state index contributed by atoms with van der Waals surface area (Å²) in [5.74, 6) is 0.235. The molecule has 0 bridgehead atoms. The average molecular weight is 377 g/mol. The van der Waals surface area contributed by atoms with Crippen molar-refractivity contribution < 1.29 is 4.79 Å². The van der Waals surface area contributed by atoms with Crippen LogP contribution in [0.3, 0.4) is 0 Å². The van der Waals surface area contributed by atoms with Crippen LogP contribution < -0.4 is 0 Å². The van der Waals surface area contributed by atoms with E-state index in [1.54, 1.807) is 0 Å². The molecule has 0 heterocycles. The zero-order chi connectivity index (χ0) is 9.90. The van der Waals surface area contributed by atoms with Gasteiger partial charge in [-0.05, 0) is 12.8 Å². The Kier molecular flexibility index (Phi) is 4.93. The molecular formula is C9H13Br3O. The van der Waals surface area contributed by atoms with E-state index < -0.39 is 0 Å². The molecule has 13 heavy (non-hydrogen) atoms. The molecule has 4 heteroatoms. The van der Waals surface area contributed by atoms with Gasteiger partial charge in [-0.2, -0.15) is 0 Å². The van der Waals surface area contributed by atoms with E-state index in [2.05, 4.69) is 47.8 Å². The van der Waals surface area contributed by atoms with Crippen molar-refractivity contribution in [1.29, 1.82) is 0 Å². The Morgan fingerprint density at radius 1 is 1.31 bits per heavy atom. The predicted octanol–water partition coefficient (Wildman–Crippen LogP) is 3.81. The van der Waals surface area contributed by atoms with Gasteiger partial charge in [-0.3, -0.25) is 4.79 Å². The number of halogens is 3. The molecule has 1 rings (SSSR count). The maximum Gasteiger partial charge on any atom is 0.158 e. The standard InChI is InChI=1S/C9H13Br3O/c10-6-7(13)8(11)9(12)4-2-1-3-5-9/h8H,1-6H2. The molecule has 76 valence electrons. The van der Waals surface area contributed by atoms with E-state index >= 15 is 0 Å². The topological polar surface area (TPSA) is 17.1 Å². The summed E-state index contributed by atoms with van der Waals surface area (Å²) in [6, 6.07) is 0. The first kappa shape index (κ1) is 12.2. The zero-order valence-electron chi connectivity index (χ0n) is 7.36. The second-order valence-corrected chi connectivity index (χ2v) is 6.61. The van der Waals surface area contributed by atoms with Crippen LogP contribution in [0.15, 0.2) is 0 Å². The number of hydrogen-bond donors (Lipinski definition) is 0. The van der Waals surface area contributed by atoms with Gasteiger partial charge in [0.25, 0.3) is 0 Å². The van der Waals surface area contributed by atoms with Crippen LogP contribution in [0.4, 0.5) is 0 Å². The molecule has 0 aromatic heterocycles. The second kappa shape index (κ2) is 5.26. The summed E-state index contributed by atoms with van der Waals surface area (Å²) in [4.78, 5) is 11.5. The number of rotatable bonds is 3. The van der Waals surface area contributed by atoms with Crippen molar-refractivity contribution in [2.45, 2.75) is 41.3 Å². The lowest BCUT2D eigenvalue weighted by Crippen LogP contribution is -2.40. The first-order valence-electron chi connectivity index (χ1n) is 4.52. The van der Waals surface area contributed by atoms with Gasteiger partial charge < -0.3 is 0 Å². The fourth-order valence-corrected chi connectivity index (χ4v) is 3.94. The maximum absolute atomic E-state index is 11.5. The first-order valence-corrected chi connectivity index (χ1v) is 7.35. The van der Waals surface area contributed by atoms with Gasteiger partial charge in [0.05, 0.1) is 10.2 Å². The van der Waals surface area contributed by atoms with Crippen LogP contribution in [0.2, 0.25) is 0 Å². The Balaban J connectivity index is 2.61. The van der Waals surface area contributed by atoms with Gasteiger partial charge >= 0.3 is 0 Å². The molecule has 0 radical (unpaired) electrons. The highest BCUT2D eigenvalue weighted by atomic mass is 79.9. The van der Waals surface area contributed by atoms with Crippen molar-refractivity contribution in [3.05, 3.63) is 0 Å². The lowest BCUT2D eigenvalue weighted by atomic mass is 9.85. The second-order valence-electron chi connectivity index (χ2n) is 3.56. The van der Waals surface area contributed by atoms with Gasteiger partial charge in [0.15, 0.2) is 5.78 Å². The van der Waals surface area contributed by atoms with Crippen LogP contribution in [0, 0.1) is 0 Å². The fraction of sp³-hybridized carbons (Fsp3) is 0.889. The van der Waals surface area contributed by atoms with Crippen LogP contribution in [0.1, 0.15) is 32.1 Å². The molecule has 1 saturated carbocycles. The summed E-state index contributed by atoms with van der Waals surface area (Å²) in [7, 11) is 0. The van der Waals surface area contributed by atoms with Crippen molar-refractivity contribution in [1.82, 2.24) is 0 Å². The summed E-state index contributed by atoms with van der Waals surface area (Å²) in [6.07, 6.45) is 5.95. The minimum Gasteiger partial charge on any atom is -0.297 e. The van der Waals surface area contributed by atoms with Crippen molar-refractivity contribution >= 4 is 53.6 Å². The Morgan fingerprint density at radius 2 is 1.85 bits per heavy atom. The van der Waals surface area contributed by atoms with Crippen molar-refractivity contribution in [3.8, 4) is 0 Å². The summed E-state index contributed by atoms with van der Waals surface area (Å²) < 4.78 is 0.0100. The third-order valence-electron chi connectivity index (χ3n) is 2.55. The normalized spacial score (nSPS) is 23.9. The molecular weight excluding hydrogens is 364 g/mol. The van der Waals surface area contributed by atoms with Crippen LogP contribution >= 0.6 is 47.8 Å². The first-order chi connectivity index (χ1) is 6.10. The third kappa shape index (κ3) is 3.03. The van der Waals surface area contributed by atoms with Gasteiger partial charge in [-0.1, -0.05) is 67.1 Å². The van der Waals surface area contributed by atoms with Crippen molar-refractivity contribution in [3.63, 3.8) is 0 Å². The monoisotopic (exact) mass is 374 g/mol. The fourth-order valence-electron chi connectivity index (χ4n) is 1.75. The van der Waals surface area contributed by atoms with E-state index in [-0.39, 0.29) is 14.9 Å². The van der Waals surface area contributed by atoms with E-state index in [1.165, 1.54) is 19.3 Å². The molecule has 1 aliphatic carbocycles. The third-order valence-corrected chi connectivity index (χ3v) is 6.36. The molecule has 0 aromatic rings. The van der Waals surface area contributed by atoms with Gasteiger partial charge in [0, 0.05) is 4.32 Å². The highest BCUT2D eigenvalue weighted by Gasteiger charge is 2.39. The largest absolute Gasteiger partial charge is 0.297 e. The zero-order valence-corrected chi connectivity index (χ0v) is 12.1. The Hall–Kier alpha value is 1.11. The average Bonchev–Trinajstić information content (AvgIpc) is 2.16. The number of alkyl halides is 3. The molecule has 0 saturated heterocycles. The summed E-state index contributed by atoms with van der Waals surface area (Å²) in [6.45, 7) is 0. The number of hydrogen-bond acceptors (Lipinski definition) is 1. The molecule has 1 aliphatic rings. The molecule has 0 aromatic carbocycles. The lowest BCUT2D eigenvalue weighted by Gasteiger charge is -2.34. The SMILES string of the molecule is O=C(CBr)C(Br)C1(Br)CCCCC1. The molecule has 0 amide bonds. The predicted molar refractivity (Wildman–Crippen MR) is 66.3 cm³/mol. The maximum atomic E-state index is 11.5. The van der Waals surface area contributed by atoms with Crippen molar-refractivity contribution in [2.24, 2.45) is 0 Å². The molecule has 1 unspecified atom stereocenters. The minimum absolute atomic E-state index is 0.0100. The molecule has 0 N–H and O–H groups in total. The van der Waals surface area contributed by atoms with Gasteiger partial charge in [0.2, 0.25) is 0 Å². The smallest absolute Gasteiger partial charge is 0.158 e. The summed E-state index contributed by atoms with van der Waals surface area (Å²) in [5, 5.41) is 0.441. The van der Waals surface area contributed by atoms with Gasteiger partial charge in [-0.25, -0.2) is 0 Å². The van der Waals surface area contributed by atoms with E-state index in [9.17, 15) is 4.79 Å². The number of ketones is 1. The van der Waals surface area contributed by atoms with Crippen LogP contribution in [0.5, 0.6) is 0 Å². The van der Waals surface area contributed by atoms with E-state index in [0.29, 0.717) is 5.33 Å². The Bertz CT molecular complexity index is 187. The summed E-state index contributed by atoms with van der Waals surface area (Å²) in [5.41, 5.74) is 0. The Morgan fingerprint density at radius 3 is 2.31 bits per heavy atom. The highest BCUT2D eigenvalue weighted by molar-refractivity contribution is 9.13. The minimum atomic E-state index is -0.0420. The number of Topliss-reactive ketones (excluding diaryl/α,β-unsaturated/α-hetero) is 1. The lowest BCUT2D eigenvalue weighted by molar-refractivity contribution is -0.116. The van der Waals surface area contributed by atoms with Gasteiger partial charge in [0.1, 0.15) is 0 Å². The quantitative estimate of drug-likeness (QED) is 0.684. The van der Waals surface area contributed by atoms with Crippen LogP contribution in [0.25, 0.3) is 0 Å². The van der Waals surface area contributed by atoms with E-state index in [1.807, 2.05) is 0 Å². The number of carbonyl (C=O) groups excluding carboxylic acids is 1. The highest BCUT2D eigenvalue weighted by Crippen LogP contribution is 2.42. The Labute approximate surface area is 104 Å². The molecule has 1 fully saturated rings. The molecule has 1 atom stereocenters.